The Bertz CT molecular complexity index is 688. The molecule has 0 unspecified atom stereocenters. The molecule has 2 rings (SSSR count). The first-order valence-corrected chi connectivity index (χ1v) is 6.13. The predicted molar refractivity (Wildman–Crippen MR) is 73.0 cm³/mol. The number of rotatable bonds is 4. The lowest BCUT2D eigenvalue weighted by atomic mass is 10.2. The summed E-state index contributed by atoms with van der Waals surface area (Å²) in [6.45, 7) is 2.70. The van der Waals surface area contributed by atoms with Crippen molar-refractivity contribution in [3.05, 3.63) is 57.0 Å². The lowest BCUT2D eigenvalue weighted by molar-refractivity contribution is 0.571. The van der Waals surface area contributed by atoms with Gasteiger partial charge in [0.05, 0.1) is 6.54 Å². The van der Waals surface area contributed by atoms with Crippen molar-refractivity contribution in [1.29, 1.82) is 0 Å². The third kappa shape index (κ3) is 2.73. The Labute approximate surface area is 110 Å². The number of aromatic nitrogens is 3. The SMILES string of the molecule is CCCn1ccc(=O)n(Cc2cccnc2N)c1=O. The quantitative estimate of drug-likeness (QED) is 0.865. The second-order valence-corrected chi connectivity index (χ2v) is 4.26. The minimum absolute atomic E-state index is 0.141. The van der Waals surface area contributed by atoms with E-state index in [0.717, 1.165) is 6.42 Å². The summed E-state index contributed by atoms with van der Waals surface area (Å²) in [5.74, 6) is 0.333. The van der Waals surface area contributed by atoms with Crippen LogP contribution in [0.15, 0.2) is 40.2 Å². The molecular formula is C13H16N4O2. The number of aryl methyl sites for hydroxylation is 1. The lowest BCUT2D eigenvalue weighted by Crippen LogP contribution is -2.39. The molecule has 2 heterocycles. The average molecular weight is 260 g/mol. The Morgan fingerprint density at radius 2 is 2.11 bits per heavy atom. The Morgan fingerprint density at radius 1 is 1.32 bits per heavy atom. The van der Waals surface area contributed by atoms with Crippen LogP contribution in [0.5, 0.6) is 0 Å². The zero-order valence-corrected chi connectivity index (χ0v) is 10.7. The summed E-state index contributed by atoms with van der Waals surface area (Å²) < 4.78 is 2.69. The van der Waals surface area contributed by atoms with Gasteiger partial charge in [0.15, 0.2) is 0 Å². The molecule has 0 bridgehead atoms. The third-order valence-electron chi connectivity index (χ3n) is 2.86. The van der Waals surface area contributed by atoms with E-state index in [2.05, 4.69) is 4.98 Å². The van der Waals surface area contributed by atoms with Crippen LogP contribution in [0.1, 0.15) is 18.9 Å². The first kappa shape index (κ1) is 13.1. The van der Waals surface area contributed by atoms with Crippen LogP contribution in [0.3, 0.4) is 0 Å². The van der Waals surface area contributed by atoms with Crippen LogP contribution in [0.4, 0.5) is 5.82 Å². The van der Waals surface area contributed by atoms with Gasteiger partial charge in [0.1, 0.15) is 5.82 Å². The smallest absolute Gasteiger partial charge is 0.331 e. The highest BCUT2D eigenvalue weighted by molar-refractivity contribution is 5.38. The van der Waals surface area contributed by atoms with Gasteiger partial charge >= 0.3 is 5.69 Å². The fourth-order valence-electron chi connectivity index (χ4n) is 1.87. The van der Waals surface area contributed by atoms with Crippen molar-refractivity contribution in [2.75, 3.05) is 5.73 Å². The van der Waals surface area contributed by atoms with Gasteiger partial charge < -0.3 is 10.3 Å². The molecule has 100 valence electrons. The molecule has 19 heavy (non-hydrogen) atoms. The summed E-state index contributed by atoms with van der Waals surface area (Å²) in [4.78, 5) is 27.9. The second-order valence-electron chi connectivity index (χ2n) is 4.26. The van der Waals surface area contributed by atoms with E-state index in [1.807, 2.05) is 6.92 Å². The molecule has 6 nitrogen and oxygen atoms in total. The van der Waals surface area contributed by atoms with E-state index >= 15 is 0 Å². The maximum atomic E-state index is 12.2. The van der Waals surface area contributed by atoms with E-state index < -0.39 is 0 Å². The minimum Gasteiger partial charge on any atom is -0.383 e. The van der Waals surface area contributed by atoms with E-state index in [0.29, 0.717) is 17.9 Å². The summed E-state index contributed by atoms with van der Waals surface area (Å²) in [6.07, 6.45) is 3.92. The lowest BCUT2D eigenvalue weighted by Gasteiger charge is -2.09. The van der Waals surface area contributed by atoms with Gasteiger partial charge in [-0.05, 0) is 12.5 Å². The summed E-state index contributed by atoms with van der Waals surface area (Å²) in [6, 6.07) is 4.87. The molecule has 0 saturated heterocycles. The number of hydrogen-bond acceptors (Lipinski definition) is 4. The highest BCUT2D eigenvalue weighted by Gasteiger charge is 2.07. The van der Waals surface area contributed by atoms with Gasteiger partial charge in [-0.1, -0.05) is 13.0 Å². The monoisotopic (exact) mass is 260 g/mol. The van der Waals surface area contributed by atoms with Gasteiger partial charge in [-0.2, -0.15) is 0 Å². The predicted octanol–water partition coefficient (Wildman–Crippen LogP) is 0.445. The third-order valence-corrected chi connectivity index (χ3v) is 2.86. The maximum absolute atomic E-state index is 12.2. The standard InChI is InChI=1S/C13H16N4O2/c1-2-7-16-8-5-11(18)17(13(16)19)9-10-4-3-6-15-12(10)14/h3-6,8H,2,7,9H2,1H3,(H2,14,15). The Hall–Kier alpha value is -2.37. The zero-order valence-electron chi connectivity index (χ0n) is 10.7. The number of hydrogen-bond donors (Lipinski definition) is 1. The van der Waals surface area contributed by atoms with Crippen LogP contribution < -0.4 is 17.0 Å². The fourth-order valence-corrected chi connectivity index (χ4v) is 1.87. The Balaban J connectivity index is 2.46. The fraction of sp³-hybridized carbons (Fsp3) is 0.308. The van der Waals surface area contributed by atoms with Gasteiger partial charge in [0.2, 0.25) is 0 Å². The van der Waals surface area contributed by atoms with Crippen LogP contribution in [-0.4, -0.2) is 14.1 Å². The summed E-state index contributed by atoms with van der Waals surface area (Å²) in [5.41, 5.74) is 5.74. The highest BCUT2D eigenvalue weighted by atomic mass is 16.2. The van der Waals surface area contributed by atoms with Crippen molar-refractivity contribution >= 4 is 5.82 Å². The topological polar surface area (TPSA) is 82.9 Å². The van der Waals surface area contributed by atoms with Crippen molar-refractivity contribution < 1.29 is 0 Å². The molecule has 2 aromatic rings. The van der Waals surface area contributed by atoms with Crippen LogP contribution in [0.2, 0.25) is 0 Å². The van der Waals surface area contributed by atoms with Gasteiger partial charge in [-0.3, -0.25) is 9.36 Å². The van der Waals surface area contributed by atoms with Crippen LogP contribution in [0, 0.1) is 0 Å². The Morgan fingerprint density at radius 3 is 2.79 bits per heavy atom. The molecule has 0 aliphatic rings. The van der Waals surface area contributed by atoms with Crippen molar-refractivity contribution in [3.63, 3.8) is 0 Å². The minimum atomic E-state index is -0.333. The van der Waals surface area contributed by atoms with E-state index in [1.165, 1.54) is 21.4 Å². The summed E-state index contributed by atoms with van der Waals surface area (Å²) in [7, 11) is 0. The van der Waals surface area contributed by atoms with Crippen LogP contribution in [-0.2, 0) is 13.1 Å². The number of nitrogen functional groups attached to an aromatic ring is 1. The average Bonchev–Trinajstić information content (AvgIpc) is 2.40. The zero-order chi connectivity index (χ0) is 13.8. The molecule has 0 aliphatic heterocycles. The maximum Gasteiger partial charge on any atom is 0.331 e. The number of pyridine rings is 1. The largest absolute Gasteiger partial charge is 0.383 e. The molecule has 0 fully saturated rings. The molecule has 0 aliphatic carbocycles. The number of anilines is 1. The Kier molecular flexibility index (Phi) is 3.79. The first-order valence-electron chi connectivity index (χ1n) is 6.13. The second kappa shape index (κ2) is 5.51. The van der Waals surface area contributed by atoms with Gasteiger partial charge in [-0.25, -0.2) is 9.78 Å². The van der Waals surface area contributed by atoms with E-state index in [-0.39, 0.29) is 17.8 Å². The van der Waals surface area contributed by atoms with Crippen molar-refractivity contribution in [2.24, 2.45) is 0 Å². The van der Waals surface area contributed by atoms with Gasteiger partial charge in [-0.15, -0.1) is 0 Å². The normalized spacial score (nSPS) is 10.6. The van der Waals surface area contributed by atoms with Crippen LogP contribution in [0.25, 0.3) is 0 Å². The molecule has 6 heteroatoms. The van der Waals surface area contributed by atoms with Gasteiger partial charge in [0, 0.05) is 30.6 Å². The van der Waals surface area contributed by atoms with Crippen molar-refractivity contribution in [3.8, 4) is 0 Å². The number of nitrogens with zero attached hydrogens (tertiary/aromatic N) is 3. The number of nitrogens with two attached hydrogens (primary N) is 1. The molecule has 2 aromatic heterocycles. The first-order chi connectivity index (χ1) is 9.13. The van der Waals surface area contributed by atoms with Crippen molar-refractivity contribution in [2.45, 2.75) is 26.4 Å². The summed E-state index contributed by atoms with van der Waals surface area (Å²) >= 11 is 0. The van der Waals surface area contributed by atoms with E-state index in [1.54, 1.807) is 18.3 Å². The molecule has 0 saturated carbocycles. The van der Waals surface area contributed by atoms with E-state index in [9.17, 15) is 9.59 Å². The van der Waals surface area contributed by atoms with Gasteiger partial charge in [0.25, 0.3) is 5.56 Å². The summed E-state index contributed by atoms with van der Waals surface area (Å²) in [5, 5.41) is 0. The molecule has 0 spiro atoms. The highest BCUT2D eigenvalue weighted by Crippen LogP contribution is 2.06. The molecule has 0 amide bonds. The molecule has 0 atom stereocenters. The molecule has 0 radical (unpaired) electrons. The molecular weight excluding hydrogens is 244 g/mol. The van der Waals surface area contributed by atoms with E-state index in [4.69, 9.17) is 5.73 Å². The molecule has 0 aromatic carbocycles. The molecule has 2 N–H and O–H groups in total. The van der Waals surface area contributed by atoms with Crippen molar-refractivity contribution in [1.82, 2.24) is 14.1 Å². The van der Waals surface area contributed by atoms with Crippen LogP contribution >= 0.6 is 0 Å².